The van der Waals surface area contributed by atoms with E-state index in [2.05, 4.69) is 5.32 Å². The van der Waals surface area contributed by atoms with Crippen LogP contribution in [0.25, 0.3) is 0 Å². The van der Waals surface area contributed by atoms with Crippen molar-refractivity contribution in [1.29, 1.82) is 0 Å². The lowest BCUT2D eigenvalue weighted by molar-refractivity contribution is -0.145. The van der Waals surface area contributed by atoms with Crippen LogP contribution in [0, 0.1) is 0 Å². The van der Waals surface area contributed by atoms with Gasteiger partial charge in [-0.2, -0.15) is 0 Å². The molecule has 18 heavy (non-hydrogen) atoms. The Labute approximate surface area is 105 Å². The van der Waals surface area contributed by atoms with Crippen molar-refractivity contribution in [1.82, 2.24) is 0 Å². The minimum atomic E-state index is -0.403. The lowest BCUT2D eigenvalue weighted by atomic mass is 10.0. The van der Waals surface area contributed by atoms with Gasteiger partial charge in [0.15, 0.2) is 6.61 Å². The third-order valence-corrected chi connectivity index (χ3v) is 2.64. The minimum absolute atomic E-state index is 0.00467. The first kappa shape index (κ1) is 12.4. The number of fused-ring (bicyclic) bond motifs is 1. The molecule has 1 aromatic carbocycles. The molecule has 2 rings (SSSR count). The lowest BCUT2D eigenvalue weighted by Crippen LogP contribution is -2.19. The Morgan fingerprint density at radius 3 is 3.00 bits per heavy atom. The molecule has 0 saturated carbocycles. The van der Waals surface area contributed by atoms with Gasteiger partial charge in [-0.1, -0.05) is 6.07 Å². The first-order chi connectivity index (χ1) is 8.69. The molecule has 5 heteroatoms. The highest BCUT2D eigenvalue weighted by Gasteiger charge is 2.15. The molecule has 0 saturated heterocycles. The quantitative estimate of drug-likeness (QED) is 0.821. The maximum Gasteiger partial charge on any atom is 0.344 e. The summed E-state index contributed by atoms with van der Waals surface area (Å²) < 4.78 is 10.1. The molecule has 1 aromatic rings. The van der Waals surface area contributed by atoms with E-state index in [1.54, 1.807) is 19.1 Å². The normalized spacial score (nSPS) is 13.5. The lowest BCUT2D eigenvalue weighted by Gasteiger charge is -2.17. The van der Waals surface area contributed by atoms with E-state index in [0.717, 1.165) is 17.7 Å². The molecule has 1 N–H and O–H groups in total. The van der Waals surface area contributed by atoms with Gasteiger partial charge in [-0.3, -0.25) is 4.79 Å². The van der Waals surface area contributed by atoms with Crippen molar-refractivity contribution in [2.75, 3.05) is 18.5 Å². The van der Waals surface area contributed by atoms with Crippen molar-refractivity contribution in [2.45, 2.75) is 19.8 Å². The van der Waals surface area contributed by atoms with Gasteiger partial charge in [0.05, 0.1) is 6.61 Å². The summed E-state index contributed by atoms with van der Waals surface area (Å²) in [5, 5.41) is 2.78. The van der Waals surface area contributed by atoms with Crippen LogP contribution in [0.15, 0.2) is 18.2 Å². The second-order valence-electron chi connectivity index (χ2n) is 3.96. The van der Waals surface area contributed by atoms with Crippen LogP contribution in [0.1, 0.15) is 18.9 Å². The number of amides is 1. The van der Waals surface area contributed by atoms with E-state index in [1.165, 1.54) is 0 Å². The molecular formula is C13H15NO4. The zero-order chi connectivity index (χ0) is 13.0. The SMILES string of the molecule is CCOC(=O)COc1ccc2c(c1)NC(=O)CC2. The van der Waals surface area contributed by atoms with Crippen molar-refractivity contribution >= 4 is 17.6 Å². The van der Waals surface area contributed by atoms with Gasteiger partial charge in [0.2, 0.25) is 5.91 Å². The highest BCUT2D eigenvalue weighted by atomic mass is 16.6. The molecule has 1 aliphatic heterocycles. The Bertz CT molecular complexity index is 470. The number of anilines is 1. The molecule has 1 heterocycles. The summed E-state index contributed by atoms with van der Waals surface area (Å²) in [7, 11) is 0. The van der Waals surface area contributed by atoms with E-state index in [-0.39, 0.29) is 12.5 Å². The Kier molecular flexibility index (Phi) is 3.82. The fraction of sp³-hybridized carbons (Fsp3) is 0.385. The standard InChI is InChI=1S/C13H15NO4/c1-2-17-13(16)8-18-10-5-3-9-4-6-12(15)14-11(9)7-10/h3,5,7H,2,4,6,8H2,1H3,(H,14,15). The highest BCUT2D eigenvalue weighted by molar-refractivity contribution is 5.94. The number of hydrogen-bond donors (Lipinski definition) is 1. The molecule has 5 nitrogen and oxygen atoms in total. The molecule has 0 radical (unpaired) electrons. The largest absolute Gasteiger partial charge is 0.482 e. The summed E-state index contributed by atoms with van der Waals surface area (Å²) in [6.45, 7) is 1.95. The van der Waals surface area contributed by atoms with Crippen LogP contribution in [0.5, 0.6) is 5.75 Å². The third-order valence-electron chi connectivity index (χ3n) is 2.64. The van der Waals surface area contributed by atoms with Crippen LogP contribution >= 0.6 is 0 Å². The van der Waals surface area contributed by atoms with Crippen LogP contribution in [0.4, 0.5) is 5.69 Å². The van der Waals surface area contributed by atoms with Gasteiger partial charge in [-0.05, 0) is 25.0 Å². The summed E-state index contributed by atoms with van der Waals surface area (Å²) >= 11 is 0. The molecule has 0 unspecified atom stereocenters. The van der Waals surface area contributed by atoms with Gasteiger partial charge < -0.3 is 14.8 Å². The molecular weight excluding hydrogens is 234 g/mol. The summed E-state index contributed by atoms with van der Waals surface area (Å²) in [5.74, 6) is 0.147. The Morgan fingerprint density at radius 2 is 2.22 bits per heavy atom. The monoisotopic (exact) mass is 249 g/mol. The average Bonchev–Trinajstić information content (AvgIpc) is 2.36. The average molecular weight is 249 g/mol. The predicted octanol–water partition coefficient (Wildman–Crippen LogP) is 1.51. The predicted molar refractivity (Wildman–Crippen MR) is 65.5 cm³/mol. The number of carbonyl (C=O) groups is 2. The second kappa shape index (κ2) is 5.53. The van der Waals surface area contributed by atoms with E-state index in [9.17, 15) is 9.59 Å². The Morgan fingerprint density at radius 1 is 1.39 bits per heavy atom. The number of aryl methyl sites for hydroxylation is 1. The van der Waals surface area contributed by atoms with Crippen molar-refractivity contribution in [2.24, 2.45) is 0 Å². The van der Waals surface area contributed by atoms with Crippen molar-refractivity contribution in [3.8, 4) is 5.75 Å². The van der Waals surface area contributed by atoms with E-state index in [0.29, 0.717) is 18.8 Å². The zero-order valence-corrected chi connectivity index (χ0v) is 10.2. The first-order valence-electron chi connectivity index (χ1n) is 5.90. The summed E-state index contributed by atoms with van der Waals surface area (Å²) in [6, 6.07) is 5.41. The van der Waals surface area contributed by atoms with Gasteiger partial charge >= 0.3 is 5.97 Å². The Hall–Kier alpha value is -2.04. The summed E-state index contributed by atoms with van der Waals surface area (Å²) in [4.78, 5) is 22.4. The number of benzene rings is 1. The number of rotatable bonds is 4. The molecule has 0 spiro atoms. The Balaban J connectivity index is 2.00. The molecule has 0 bridgehead atoms. The molecule has 0 aliphatic carbocycles. The van der Waals surface area contributed by atoms with Gasteiger partial charge in [-0.15, -0.1) is 0 Å². The molecule has 0 fully saturated rings. The zero-order valence-electron chi connectivity index (χ0n) is 10.2. The van der Waals surface area contributed by atoms with Crippen molar-refractivity contribution < 1.29 is 19.1 Å². The molecule has 96 valence electrons. The van der Waals surface area contributed by atoms with Gasteiger partial charge in [0.1, 0.15) is 5.75 Å². The number of esters is 1. The van der Waals surface area contributed by atoms with Crippen LogP contribution < -0.4 is 10.1 Å². The van der Waals surface area contributed by atoms with Crippen LogP contribution in [-0.2, 0) is 20.7 Å². The van der Waals surface area contributed by atoms with Crippen molar-refractivity contribution in [3.05, 3.63) is 23.8 Å². The number of hydrogen-bond acceptors (Lipinski definition) is 4. The number of carbonyl (C=O) groups excluding carboxylic acids is 2. The van der Waals surface area contributed by atoms with E-state index < -0.39 is 5.97 Å². The second-order valence-corrected chi connectivity index (χ2v) is 3.96. The number of ether oxygens (including phenoxy) is 2. The first-order valence-corrected chi connectivity index (χ1v) is 5.90. The fourth-order valence-electron chi connectivity index (χ4n) is 1.79. The van der Waals surface area contributed by atoms with Crippen LogP contribution in [-0.4, -0.2) is 25.1 Å². The van der Waals surface area contributed by atoms with Gasteiger partial charge in [-0.25, -0.2) is 4.79 Å². The molecule has 0 aromatic heterocycles. The maximum absolute atomic E-state index is 11.3. The summed E-state index contributed by atoms with van der Waals surface area (Å²) in [6.07, 6.45) is 1.25. The topological polar surface area (TPSA) is 64.6 Å². The molecule has 0 atom stereocenters. The van der Waals surface area contributed by atoms with Gasteiger partial charge in [0.25, 0.3) is 0 Å². The fourth-order valence-corrected chi connectivity index (χ4v) is 1.79. The van der Waals surface area contributed by atoms with E-state index in [1.807, 2.05) is 6.07 Å². The third kappa shape index (κ3) is 3.00. The number of nitrogens with one attached hydrogen (secondary N) is 1. The minimum Gasteiger partial charge on any atom is -0.482 e. The van der Waals surface area contributed by atoms with Crippen molar-refractivity contribution in [3.63, 3.8) is 0 Å². The van der Waals surface area contributed by atoms with Gasteiger partial charge in [0, 0.05) is 18.2 Å². The van der Waals surface area contributed by atoms with E-state index in [4.69, 9.17) is 9.47 Å². The van der Waals surface area contributed by atoms with Crippen LogP contribution in [0.2, 0.25) is 0 Å². The maximum atomic E-state index is 11.3. The van der Waals surface area contributed by atoms with E-state index >= 15 is 0 Å². The smallest absolute Gasteiger partial charge is 0.344 e. The molecule has 1 amide bonds. The highest BCUT2D eigenvalue weighted by Crippen LogP contribution is 2.26. The summed E-state index contributed by atoms with van der Waals surface area (Å²) in [5.41, 5.74) is 1.84. The molecule has 1 aliphatic rings. The van der Waals surface area contributed by atoms with Crippen LogP contribution in [0.3, 0.4) is 0 Å².